The van der Waals surface area contributed by atoms with Crippen molar-refractivity contribution in [1.29, 1.82) is 0 Å². The van der Waals surface area contributed by atoms with Gasteiger partial charge in [0.1, 0.15) is 0 Å². The number of rotatable bonds is 3. The Morgan fingerprint density at radius 3 is 2.27 bits per heavy atom. The van der Waals surface area contributed by atoms with Gasteiger partial charge in [0, 0.05) is 48.8 Å². The Morgan fingerprint density at radius 1 is 1.00 bits per heavy atom. The summed E-state index contributed by atoms with van der Waals surface area (Å²) < 4.78 is 0. The number of nitrogens with zero attached hydrogens (tertiary/aromatic N) is 2. The van der Waals surface area contributed by atoms with Crippen LogP contribution < -0.4 is 15.5 Å². The quantitative estimate of drug-likeness (QED) is 0.878. The van der Waals surface area contributed by atoms with Gasteiger partial charge in [0.15, 0.2) is 0 Å². The molecule has 0 spiro atoms. The molecule has 1 saturated heterocycles. The largest absolute Gasteiger partial charge is 0.398 e. The van der Waals surface area contributed by atoms with Gasteiger partial charge in [-0.2, -0.15) is 0 Å². The molecule has 0 saturated carbocycles. The van der Waals surface area contributed by atoms with Crippen molar-refractivity contribution < 1.29 is 0 Å². The number of hydrogen-bond donors (Lipinski definition) is 1. The summed E-state index contributed by atoms with van der Waals surface area (Å²) in [6, 6.07) is 14.8. The zero-order valence-electron chi connectivity index (χ0n) is 13.1. The molecule has 2 aromatic carbocycles. The first-order chi connectivity index (χ1) is 10.7. The Hall–Kier alpha value is -2.42. The molecular weight excluding hydrogens is 270 g/mol. The first kappa shape index (κ1) is 14.5. The Morgan fingerprint density at radius 2 is 1.64 bits per heavy atom. The maximum atomic E-state index is 6.15. The second-order valence-electron chi connectivity index (χ2n) is 5.80. The standard InChI is InChI=1S/C19H23N3/c1-3-17-18(20)13-15(2)14-19(17)22-11-9-21(10-12-22)16-7-5-4-6-8-16/h3-8,13-14H,1,9-12,20H2,2H3. The second kappa shape index (κ2) is 6.14. The fraction of sp³-hybridized carbons (Fsp3) is 0.263. The van der Waals surface area contributed by atoms with E-state index < -0.39 is 0 Å². The maximum Gasteiger partial charge on any atom is 0.0464 e. The lowest BCUT2D eigenvalue weighted by Crippen LogP contribution is -2.46. The number of benzene rings is 2. The van der Waals surface area contributed by atoms with Gasteiger partial charge in [-0.1, -0.05) is 30.9 Å². The topological polar surface area (TPSA) is 32.5 Å². The van der Waals surface area contributed by atoms with E-state index in [2.05, 4.69) is 59.7 Å². The summed E-state index contributed by atoms with van der Waals surface area (Å²) in [6.45, 7) is 10.1. The van der Waals surface area contributed by atoms with Gasteiger partial charge in [0.25, 0.3) is 0 Å². The molecule has 0 amide bonds. The molecule has 0 aromatic heterocycles. The van der Waals surface area contributed by atoms with Gasteiger partial charge in [-0.05, 0) is 36.8 Å². The molecule has 3 heteroatoms. The minimum atomic E-state index is 0.815. The van der Waals surface area contributed by atoms with Gasteiger partial charge in [-0.15, -0.1) is 0 Å². The van der Waals surface area contributed by atoms with Crippen LogP contribution in [0, 0.1) is 6.92 Å². The van der Waals surface area contributed by atoms with E-state index in [1.807, 2.05) is 12.1 Å². The van der Waals surface area contributed by atoms with Crippen molar-refractivity contribution >= 4 is 23.1 Å². The molecule has 0 aliphatic carbocycles. The summed E-state index contributed by atoms with van der Waals surface area (Å²) in [5, 5.41) is 0. The molecule has 114 valence electrons. The Bertz CT molecular complexity index is 656. The zero-order valence-corrected chi connectivity index (χ0v) is 13.1. The Balaban J connectivity index is 1.78. The number of nitrogens with two attached hydrogens (primary N) is 1. The van der Waals surface area contributed by atoms with Gasteiger partial charge < -0.3 is 15.5 Å². The number of para-hydroxylation sites is 1. The molecule has 1 aliphatic rings. The van der Waals surface area contributed by atoms with Crippen LogP contribution in [0.1, 0.15) is 11.1 Å². The molecule has 1 heterocycles. The van der Waals surface area contributed by atoms with Crippen molar-refractivity contribution in [1.82, 2.24) is 0 Å². The van der Waals surface area contributed by atoms with Gasteiger partial charge in [-0.3, -0.25) is 0 Å². The smallest absolute Gasteiger partial charge is 0.0464 e. The van der Waals surface area contributed by atoms with E-state index in [9.17, 15) is 0 Å². The van der Waals surface area contributed by atoms with Crippen LogP contribution in [0.15, 0.2) is 49.0 Å². The van der Waals surface area contributed by atoms with E-state index in [1.54, 1.807) is 0 Å². The first-order valence-electron chi connectivity index (χ1n) is 7.76. The Labute approximate surface area is 132 Å². The van der Waals surface area contributed by atoms with Crippen LogP contribution in [0.5, 0.6) is 0 Å². The minimum Gasteiger partial charge on any atom is -0.398 e. The van der Waals surface area contributed by atoms with E-state index in [4.69, 9.17) is 5.73 Å². The summed E-state index contributed by atoms with van der Waals surface area (Å²) in [6.07, 6.45) is 1.87. The minimum absolute atomic E-state index is 0.815. The molecule has 22 heavy (non-hydrogen) atoms. The second-order valence-corrected chi connectivity index (χ2v) is 5.80. The van der Waals surface area contributed by atoms with Crippen LogP contribution in [-0.2, 0) is 0 Å². The molecule has 3 rings (SSSR count). The van der Waals surface area contributed by atoms with Crippen LogP contribution in [0.2, 0.25) is 0 Å². The van der Waals surface area contributed by atoms with Crippen molar-refractivity contribution in [3.05, 3.63) is 60.2 Å². The van der Waals surface area contributed by atoms with Crippen LogP contribution in [0.4, 0.5) is 17.1 Å². The molecule has 2 aromatic rings. The van der Waals surface area contributed by atoms with Crippen molar-refractivity contribution in [3.63, 3.8) is 0 Å². The molecule has 1 aliphatic heterocycles. The zero-order chi connectivity index (χ0) is 15.5. The summed E-state index contributed by atoms with van der Waals surface area (Å²) in [4.78, 5) is 4.85. The molecule has 0 radical (unpaired) electrons. The first-order valence-corrected chi connectivity index (χ1v) is 7.76. The third-order valence-corrected chi connectivity index (χ3v) is 4.28. The molecule has 0 unspecified atom stereocenters. The van der Waals surface area contributed by atoms with Gasteiger partial charge in [0.05, 0.1) is 0 Å². The molecule has 0 atom stereocenters. The van der Waals surface area contributed by atoms with Gasteiger partial charge >= 0.3 is 0 Å². The average molecular weight is 293 g/mol. The third kappa shape index (κ3) is 2.80. The van der Waals surface area contributed by atoms with Crippen molar-refractivity contribution in [2.24, 2.45) is 0 Å². The fourth-order valence-corrected chi connectivity index (χ4v) is 3.13. The van der Waals surface area contributed by atoms with Crippen LogP contribution >= 0.6 is 0 Å². The Kier molecular flexibility index (Phi) is 4.05. The number of nitrogen functional groups attached to an aromatic ring is 1. The predicted molar refractivity (Wildman–Crippen MR) is 96.6 cm³/mol. The SMILES string of the molecule is C=Cc1c(N)cc(C)cc1N1CCN(c2ccccc2)CC1. The molecule has 0 bridgehead atoms. The lowest BCUT2D eigenvalue weighted by Gasteiger charge is -2.38. The summed E-state index contributed by atoms with van der Waals surface area (Å²) in [5.74, 6) is 0. The highest BCUT2D eigenvalue weighted by Gasteiger charge is 2.19. The molecule has 3 nitrogen and oxygen atoms in total. The number of anilines is 3. The van der Waals surface area contributed by atoms with Gasteiger partial charge in [-0.25, -0.2) is 0 Å². The maximum absolute atomic E-state index is 6.15. The number of hydrogen-bond acceptors (Lipinski definition) is 3. The number of aryl methyl sites for hydroxylation is 1. The van der Waals surface area contributed by atoms with E-state index in [-0.39, 0.29) is 0 Å². The van der Waals surface area contributed by atoms with Gasteiger partial charge in [0.2, 0.25) is 0 Å². The lowest BCUT2D eigenvalue weighted by molar-refractivity contribution is 0.653. The fourth-order valence-electron chi connectivity index (χ4n) is 3.13. The van der Waals surface area contributed by atoms with Crippen molar-refractivity contribution in [2.45, 2.75) is 6.92 Å². The third-order valence-electron chi connectivity index (χ3n) is 4.28. The monoisotopic (exact) mass is 293 g/mol. The van der Waals surface area contributed by atoms with E-state index in [0.29, 0.717) is 0 Å². The van der Waals surface area contributed by atoms with Crippen LogP contribution in [0.25, 0.3) is 6.08 Å². The summed E-state index contributed by atoms with van der Waals surface area (Å²) >= 11 is 0. The highest BCUT2D eigenvalue weighted by Crippen LogP contribution is 2.30. The molecular formula is C19H23N3. The average Bonchev–Trinajstić information content (AvgIpc) is 2.55. The van der Waals surface area contributed by atoms with Crippen LogP contribution in [-0.4, -0.2) is 26.2 Å². The lowest BCUT2D eigenvalue weighted by atomic mass is 10.1. The highest BCUT2D eigenvalue weighted by atomic mass is 15.3. The predicted octanol–water partition coefficient (Wildman–Crippen LogP) is 3.55. The van der Waals surface area contributed by atoms with E-state index >= 15 is 0 Å². The summed E-state index contributed by atoms with van der Waals surface area (Å²) in [5.41, 5.74) is 11.7. The molecule has 1 fully saturated rings. The van der Waals surface area contributed by atoms with Crippen molar-refractivity contribution in [2.75, 3.05) is 41.7 Å². The van der Waals surface area contributed by atoms with Crippen molar-refractivity contribution in [3.8, 4) is 0 Å². The highest BCUT2D eigenvalue weighted by molar-refractivity contribution is 5.78. The number of piperazine rings is 1. The molecule has 2 N–H and O–H groups in total. The normalized spacial score (nSPS) is 15.0. The van der Waals surface area contributed by atoms with Crippen LogP contribution in [0.3, 0.4) is 0 Å². The summed E-state index contributed by atoms with van der Waals surface area (Å²) in [7, 11) is 0. The van der Waals surface area contributed by atoms with E-state index in [0.717, 1.165) is 37.4 Å². The van der Waals surface area contributed by atoms with E-state index in [1.165, 1.54) is 16.9 Å².